The quantitative estimate of drug-likeness (QED) is 0.394. The second-order valence-corrected chi connectivity index (χ2v) is 8.36. The number of hydrogen-bond donors (Lipinski definition) is 1. The maximum atomic E-state index is 6.11. The van der Waals surface area contributed by atoms with Crippen molar-refractivity contribution < 1.29 is 4.74 Å². The van der Waals surface area contributed by atoms with E-state index >= 15 is 0 Å². The van der Waals surface area contributed by atoms with Gasteiger partial charge in [-0.2, -0.15) is 0 Å². The van der Waals surface area contributed by atoms with E-state index in [9.17, 15) is 0 Å². The molecule has 1 aliphatic rings. The normalized spacial score (nSPS) is 12.2. The number of ether oxygens (including phenoxy) is 1. The van der Waals surface area contributed by atoms with Gasteiger partial charge in [-0.05, 0) is 58.7 Å². The Morgan fingerprint density at radius 1 is 0.833 bits per heavy atom. The first-order valence-electron chi connectivity index (χ1n) is 11.4. The van der Waals surface area contributed by atoms with Crippen LogP contribution in [0.15, 0.2) is 73.1 Å². The van der Waals surface area contributed by atoms with Crippen LogP contribution in [0.25, 0.3) is 22.3 Å². The van der Waals surface area contributed by atoms with Gasteiger partial charge in [-0.3, -0.25) is 0 Å². The van der Waals surface area contributed by atoms with Gasteiger partial charge in [-0.15, -0.1) is 0 Å². The van der Waals surface area contributed by atoms with Crippen molar-refractivity contribution in [3.05, 3.63) is 95.6 Å². The lowest BCUT2D eigenvalue weighted by atomic mass is 10.1. The number of fused-ring (bicyclic) bond motifs is 2. The van der Waals surface area contributed by atoms with Crippen molar-refractivity contribution in [1.29, 1.82) is 0 Å². The Balaban J connectivity index is 1.26. The highest BCUT2D eigenvalue weighted by Gasteiger charge is 2.22. The van der Waals surface area contributed by atoms with E-state index in [1.165, 1.54) is 11.1 Å². The maximum absolute atomic E-state index is 6.11. The molecule has 0 saturated heterocycles. The highest BCUT2D eigenvalue weighted by atomic mass is 16.5. The number of benzene rings is 2. The van der Waals surface area contributed by atoms with Crippen molar-refractivity contribution in [1.82, 2.24) is 24.9 Å². The Bertz CT molecular complexity index is 1670. The number of nitrogens with two attached hydrogens (primary N) is 1. The molecule has 0 spiro atoms. The smallest absolute Gasteiger partial charge is 0.226 e. The summed E-state index contributed by atoms with van der Waals surface area (Å²) in [6.07, 6.45) is 3.40. The lowest BCUT2D eigenvalue weighted by molar-refractivity contribution is 0.414. The summed E-state index contributed by atoms with van der Waals surface area (Å²) in [4.78, 5) is 24.8. The van der Waals surface area contributed by atoms with Crippen molar-refractivity contribution >= 4 is 22.5 Å². The van der Waals surface area contributed by atoms with Crippen LogP contribution in [-0.4, -0.2) is 32.0 Å². The number of hydrogen-bond acceptors (Lipinski definition) is 8. The van der Waals surface area contributed by atoms with Crippen LogP contribution in [0, 0.1) is 11.8 Å². The number of anilines is 2. The topological polar surface area (TPSA) is 103 Å². The highest BCUT2D eigenvalue weighted by Crippen LogP contribution is 2.29. The van der Waals surface area contributed by atoms with Crippen molar-refractivity contribution in [3.63, 3.8) is 0 Å². The van der Waals surface area contributed by atoms with E-state index in [2.05, 4.69) is 48.8 Å². The molecule has 8 nitrogen and oxygen atoms in total. The lowest BCUT2D eigenvalue weighted by Crippen LogP contribution is -2.17. The van der Waals surface area contributed by atoms with Crippen LogP contribution >= 0.6 is 0 Å². The fourth-order valence-electron chi connectivity index (χ4n) is 4.23. The summed E-state index contributed by atoms with van der Waals surface area (Å²) >= 11 is 0. The Morgan fingerprint density at radius 2 is 1.67 bits per heavy atom. The number of methoxy groups -OCH3 is 1. The summed E-state index contributed by atoms with van der Waals surface area (Å²) in [5.41, 5.74) is 10.3. The molecule has 0 radical (unpaired) electrons. The average Bonchev–Trinajstić information content (AvgIpc) is 3.36. The molecule has 0 fully saturated rings. The third-order valence-corrected chi connectivity index (χ3v) is 6.03. The number of aromatic nitrogens is 5. The Labute approximate surface area is 207 Å². The van der Waals surface area contributed by atoms with Gasteiger partial charge in [0, 0.05) is 30.9 Å². The van der Waals surface area contributed by atoms with Gasteiger partial charge in [0.15, 0.2) is 5.82 Å². The monoisotopic (exact) mass is 471 g/mol. The molecule has 0 saturated carbocycles. The summed E-state index contributed by atoms with van der Waals surface area (Å²) in [7, 11) is 1.67. The van der Waals surface area contributed by atoms with E-state index in [0.717, 1.165) is 23.1 Å². The van der Waals surface area contributed by atoms with E-state index in [4.69, 9.17) is 15.5 Å². The van der Waals surface area contributed by atoms with Gasteiger partial charge in [0.05, 0.1) is 7.11 Å². The van der Waals surface area contributed by atoms with Crippen molar-refractivity contribution in [2.75, 3.05) is 17.7 Å². The molecule has 36 heavy (non-hydrogen) atoms. The van der Waals surface area contributed by atoms with Crippen LogP contribution < -0.4 is 15.4 Å². The third kappa shape index (κ3) is 4.14. The molecular weight excluding hydrogens is 450 g/mol. The fourth-order valence-corrected chi connectivity index (χ4v) is 4.23. The molecule has 0 bridgehead atoms. The molecule has 4 heterocycles. The molecule has 1 aliphatic heterocycles. The molecule has 5 aromatic rings. The summed E-state index contributed by atoms with van der Waals surface area (Å²) in [6, 6.07) is 19.4. The molecular formula is C28H21N7O. The first-order chi connectivity index (χ1) is 17.7. The van der Waals surface area contributed by atoms with Gasteiger partial charge >= 0.3 is 0 Å². The molecule has 2 N–H and O–H groups in total. The van der Waals surface area contributed by atoms with Crippen LogP contribution in [0.4, 0.5) is 11.8 Å². The van der Waals surface area contributed by atoms with Crippen LogP contribution in [0.3, 0.4) is 0 Å². The predicted octanol–water partition coefficient (Wildman–Crippen LogP) is 3.99. The first-order valence-corrected chi connectivity index (χ1v) is 11.4. The number of nitrogens with zero attached hydrogens (tertiary/aromatic N) is 6. The van der Waals surface area contributed by atoms with E-state index < -0.39 is 0 Å². The van der Waals surface area contributed by atoms with Crippen LogP contribution in [0.1, 0.15) is 22.5 Å². The first kappa shape index (κ1) is 21.5. The zero-order chi connectivity index (χ0) is 24.5. The van der Waals surface area contributed by atoms with Crippen molar-refractivity contribution in [2.24, 2.45) is 0 Å². The summed E-state index contributed by atoms with van der Waals surface area (Å²) < 4.78 is 5.35. The van der Waals surface area contributed by atoms with E-state index in [1.54, 1.807) is 31.6 Å². The average molecular weight is 472 g/mol. The lowest BCUT2D eigenvalue weighted by Gasteiger charge is -2.15. The van der Waals surface area contributed by atoms with E-state index in [1.807, 2.05) is 36.4 Å². The Morgan fingerprint density at radius 3 is 2.58 bits per heavy atom. The van der Waals surface area contributed by atoms with Gasteiger partial charge in [0.25, 0.3) is 0 Å². The van der Waals surface area contributed by atoms with Gasteiger partial charge < -0.3 is 15.4 Å². The third-order valence-electron chi connectivity index (χ3n) is 6.03. The van der Waals surface area contributed by atoms with Gasteiger partial charge in [-0.1, -0.05) is 30.3 Å². The minimum absolute atomic E-state index is 0.455. The molecule has 6 rings (SSSR count). The molecule has 0 amide bonds. The SMILES string of the molecule is COc1ccc2c(c1)CN(c1nccc(-c3nccc(C#Cc4cc5ccccc5c(N)n4)n3)n1)C2. The maximum Gasteiger partial charge on any atom is 0.226 e. The number of rotatable bonds is 3. The summed E-state index contributed by atoms with van der Waals surface area (Å²) in [5, 5.41) is 1.90. The minimum atomic E-state index is 0.455. The van der Waals surface area contributed by atoms with Crippen LogP contribution in [-0.2, 0) is 13.1 Å². The fraction of sp³-hybridized carbons (Fsp3) is 0.107. The van der Waals surface area contributed by atoms with Crippen molar-refractivity contribution in [3.8, 4) is 29.1 Å². The standard InChI is InChI=1S/C28H21N7O/c1-36-23-9-6-19-16-35(17-20(19)15-23)28-31-13-11-25(34-28)27-30-12-10-21(33-27)7-8-22-14-18-4-2-3-5-24(18)26(29)32-22/h2-6,9-15H,16-17H2,1H3,(H2,29,32). The molecule has 174 valence electrons. The molecule has 0 aliphatic carbocycles. The zero-order valence-corrected chi connectivity index (χ0v) is 19.5. The number of nitrogen functional groups attached to an aromatic ring is 1. The Hall–Kier alpha value is -5.03. The minimum Gasteiger partial charge on any atom is -0.497 e. The predicted molar refractivity (Wildman–Crippen MR) is 138 cm³/mol. The van der Waals surface area contributed by atoms with E-state index in [0.29, 0.717) is 41.2 Å². The highest BCUT2D eigenvalue weighted by molar-refractivity contribution is 5.91. The molecule has 0 atom stereocenters. The van der Waals surface area contributed by atoms with Crippen LogP contribution in [0.5, 0.6) is 5.75 Å². The molecule has 3 aromatic heterocycles. The second kappa shape index (κ2) is 8.96. The second-order valence-electron chi connectivity index (χ2n) is 8.36. The van der Waals surface area contributed by atoms with Gasteiger partial charge in [0.2, 0.25) is 5.95 Å². The Kier molecular flexibility index (Phi) is 5.35. The molecule has 2 aromatic carbocycles. The summed E-state index contributed by atoms with van der Waals surface area (Å²) in [6.45, 7) is 1.45. The zero-order valence-electron chi connectivity index (χ0n) is 19.5. The molecule has 8 heteroatoms. The van der Waals surface area contributed by atoms with Crippen molar-refractivity contribution in [2.45, 2.75) is 13.1 Å². The van der Waals surface area contributed by atoms with E-state index in [-0.39, 0.29) is 0 Å². The van der Waals surface area contributed by atoms with Gasteiger partial charge in [-0.25, -0.2) is 24.9 Å². The summed E-state index contributed by atoms with van der Waals surface area (Å²) in [5.74, 6) is 8.54. The van der Waals surface area contributed by atoms with Crippen LogP contribution in [0.2, 0.25) is 0 Å². The molecule has 0 unspecified atom stereocenters. The van der Waals surface area contributed by atoms with Gasteiger partial charge in [0.1, 0.15) is 28.6 Å². The number of pyridine rings is 1. The largest absolute Gasteiger partial charge is 0.497 e.